The van der Waals surface area contributed by atoms with Gasteiger partial charge in [-0.25, -0.2) is 23.4 Å². The second-order valence-corrected chi connectivity index (χ2v) is 12.8. The van der Waals surface area contributed by atoms with Crippen molar-refractivity contribution in [2.45, 2.75) is 44.1 Å². The van der Waals surface area contributed by atoms with Gasteiger partial charge in [-0.3, -0.25) is 0 Å². The van der Waals surface area contributed by atoms with Crippen LogP contribution in [0.1, 0.15) is 38.1 Å². The van der Waals surface area contributed by atoms with Crippen LogP contribution in [0, 0.1) is 18.8 Å². The second kappa shape index (κ2) is 10.1. The molecule has 0 spiro atoms. The molecular formula is C25H30N6O4S2. The number of rotatable bonds is 8. The highest BCUT2D eigenvalue weighted by molar-refractivity contribution is 7.90. The van der Waals surface area contributed by atoms with E-state index in [0.29, 0.717) is 35.0 Å². The van der Waals surface area contributed by atoms with Gasteiger partial charge in [-0.05, 0) is 69.0 Å². The Bertz CT molecular complexity index is 1500. The lowest BCUT2D eigenvalue weighted by Gasteiger charge is -2.44. The fraction of sp³-hybridized carbons (Fsp3) is 0.480. The average Bonchev–Trinajstić information content (AvgIpc) is 3.53. The number of nitrogens with one attached hydrogen (secondary N) is 1. The Morgan fingerprint density at radius 1 is 1.22 bits per heavy atom. The summed E-state index contributed by atoms with van der Waals surface area (Å²) in [7, 11) is -3.37. The number of sulfone groups is 1. The molecule has 1 aliphatic heterocycles. The molecule has 0 amide bonds. The van der Waals surface area contributed by atoms with Crippen LogP contribution in [0.3, 0.4) is 0 Å². The van der Waals surface area contributed by atoms with E-state index in [9.17, 15) is 8.42 Å². The molecule has 5 rings (SSSR count). The SMILES string of the molecule is Cc1nc(S(C)(=O)=O)ccc1-c1ccc2nc(OCC[C@@]3(c4cnno4)CCNCC3C(C)C)sc2n1. The number of piperidine rings is 1. The summed E-state index contributed by atoms with van der Waals surface area (Å²) in [4.78, 5) is 14.4. The third kappa shape index (κ3) is 5.10. The molecule has 2 atom stereocenters. The Hall–Kier alpha value is -2.96. The molecule has 1 N–H and O–H groups in total. The zero-order chi connectivity index (χ0) is 26.2. The third-order valence-corrected chi connectivity index (χ3v) is 9.07. The van der Waals surface area contributed by atoms with Crippen molar-refractivity contribution in [2.75, 3.05) is 26.0 Å². The lowest BCUT2D eigenvalue weighted by molar-refractivity contribution is 0.0902. The van der Waals surface area contributed by atoms with Crippen LogP contribution >= 0.6 is 11.3 Å². The summed E-state index contributed by atoms with van der Waals surface area (Å²) in [5.41, 5.74) is 2.63. The lowest BCUT2D eigenvalue weighted by Crippen LogP contribution is -2.50. The van der Waals surface area contributed by atoms with Crippen molar-refractivity contribution in [2.24, 2.45) is 11.8 Å². The molecule has 1 fully saturated rings. The quantitative estimate of drug-likeness (QED) is 0.350. The molecule has 12 heteroatoms. The molecule has 196 valence electrons. The number of pyridine rings is 2. The number of aromatic nitrogens is 5. The summed E-state index contributed by atoms with van der Waals surface area (Å²) in [5.74, 6) is 1.63. The van der Waals surface area contributed by atoms with Crippen LogP contribution in [0.4, 0.5) is 0 Å². The van der Waals surface area contributed by atoms with Gasteiger partial charge in [-0.1, -0.05) is 25.2 Å². The average molecular weight is 543 g/mol. The van der Waals surface area contributed by atoms with E-state index in [2.05, 4.69) is 39.5 Å². The maximum atomic E-state index is 11.8. The minimum absolute atomic E-state index is 0.0515. The van der Waals surface area contributed by atoms with Gasteiger partial charge in [0.25, 0.3) is 5.19 Å². The molecule has 5 heterocycles. The molecule has 37 heavy (non-hydrogen) atoms. The fourth-order valence-corrected chi connectivity index (χ4v) is 6.73. The zero-order valence-corrected chi connectivity index (χ0v) is 22.9. The van der Waals surface area contributed by atoms with Crippen molar-refractivity contribution >= 4 is 31.5 Å². The van der Waals surface area contributed by atoms with Gasteiger partial charge in [-0.15, -0.1) is 5.10 Å². The van der Waals surface area contributed by atoms with Crippen molar-refractivity contribution in [3.8, 4) is 16.5 Å². The molecule has 1 unspecified atom stereocenters. The van der Waals surface area contributed by atoms with Crippen molar-refractivity contribution < 1.29 is 17.7 Å². The van der Waals surface area contributed by atoms with E-state index in [1.807, 2.05) is 12.1 Å². The monoisotopic (exact) mass is 542 g/mol. The molecule has 0 radical (unpaired) electrons. The largest absolute Gasteiger partial charge is 0.470 e. The summed E-state index contributed by atoms with van der Waals surface area (Å²) in [5, 5.41) is 11.8. The summed E-state index contributed by atoms with van der Waals surface area (Å²) >= 11 is 1.39. The molecule has 1 saturated heterocycles. The van der Waals surface area contributed by atoms with Gasteiger partial charge in [-0.2, -0.15) is 0 Å². The van der Waals surface area contributed by atoms with Crippen molar-refractivity contribution in [3.63, 3.8) is 0 Å². The predicted molar refractivity (Wildman–Crippen MR) is 140 cm³/mol. The topological polar surface area (TPSA) is 133 Å². The summed E-state index contributed by atoms with van der Waals surface area (Å²) in [6.07, 6.45) is 4.58. The van der Waals surface area contributed by atoms with Gasteiger partial charge >= 0.3 is 0 Å². The molecule has 4 aromatic heterocycles. The minimum atomic E-state index is -3.37. The fourth-order valence-electron chi connectivity index (χ4n) is 5.29. The molecule has 4 aromatic rings. The van der Waals surface area contributed by atoms with Crippen molar-refractivity contribution in [3.05, 3.63) is 41.9 Å². The van der Waals surface area contributed by atoms with E-state index < -0.39 is 9.84 Å². The van der Waals surface area contributed by atoms with Crippen LogP contribution in [0.2, 0.25) is 0 Å². The highest BCUT2D eigenvalue weighted by atomic mass is 32.2. The Labute approximate surface area is 219 Å². The van der Waals surface area contributed by atoms with Crippen LogP contribution in [-0.4, -0.2) is 59.7 Å². The van der Waals surface area contributed by atoms with Crippen LogP contribution in [0.5, 0.6) is 5.19 Å². The van der Waals surface area contributed by atoms with E-state index in [4.69, 9.17) is 14.2 Å². The highest BCUT2D eigenvalue weighted by Crippen LogP contribution is 2.44. The smallest absolute Gasteiger partial charge is 0.275 e. The van der Waals surface area contributed by atoms with Gasteiger partial charge < -0.3 is 14.6 Å². The number of nitrogens with zero attached hydrogens (tertiary/aromatic N) is 5. The van der Waals surface area contributed by atoms with Crippen LogP contribution in [0.25, 0.3) is 21.6 Å². The first-order valence-electron chi connectivity index (χ1n) is 12.2. The van der Waals surface area contributed by atoms with Gasteiger partial charge in [0, 0.05) is 28.2 Å². The number of aryl methyl sites for hydroxylation is 1. The second-order valence-electron chi connectivity index (χ2n) is 9.90. The number of thiazole rings is 1. The standard InChI is InChI=1S/C25H30N6O4S2/c1-15(2)18-13-26-11-9-25(18,21-14-27-31-35-21)10-12-34-24-30-20-7-6-19(29-23(20)36-24)17-5-8-22(28-16(17)3)37(4,32)33/h5-8,14-15,18,26H,9-13H2,1-4H3/t18?,25-/m0/s1. The Balaban J connectivity index is 1.35. The van der Waals surface area contributed by atoms with Crippen LogP contribution < -0.4 is 10.1 Å². The molecule has 0 saturated carbocycles. The van der Waals surface area contributed by atoms with Crippen LogP contribution in [-0.2, 0) is 15.3 Å². The Morgan fingerprint density at radius 3 is 2.76 bits per heavy atom. The van der Waals surface area contributed by atoms with E-state index in [1.165, 1.54) is 17.4 Å². The van der Waals surface area contributed by atoms with E-state index in [1.54, 1.807) is 19.2 Å². The van der Waals surface area contributed by atoms with Crippen molar-refractivity contribution in [1.29, 1.82) is 0 Å². The van der Waals surface area contributed by atoms with Gasteiger partial charge in [0.05, 0.1) is 18.5 Å². The Morgan fingerprint density at radius 2 is 2.05 bits per heavy atom. The summed E-state index contributed by atoms with van der Waals surface area (Å²) in [6.45, 7) is 8.54. The predicted octanol–water partition coefficient (Wildman–Crippen LogP) is 3.82. The van der Waals surface area contributed by atoms with Crippen LogP contribution in [0.15, 0.2) is 40.0 Å². The molecule has 0 bridgehead atoms. The Kier molecular flexibility index (Phi) is 6.99. The molecule has 1 aliphatic rings. The van der Waals surface area contributed by atoms with Gasteiger partial charge in [0.1, 0.15) is 10.3 Å². The normalized spacial score (nSPS) is 20.5. The molecule has 10 nitrogen and oxygen atoms in total. The minimum Gasteiger partial charge on any atom is -0.470 e. The molecule has 0 aromatic carbocycles. The maximum Gasteiger partial charge on any atom is 0.275 e. The number of ether oxygens (including phenoxy) is 1. The van der Waals surface area contributed by atoms with E-state index in [-0.39, 0.29) is 10.4 Å². The first kappa shape index (κ1) is 25.7. The number of hydrogen-bond donors (Lipinski definition) is 1. The number of fused-ring (bicyclic) bond motifs is 1. The lowest BCUT2D eigenvalue weighted by atomic mass is 9.63. The van der Waals surface area contributed by atoms with E-state index in [0.717, 1.165) is 53.9 Å². The number of hydrogen-bond acceptors (Lipinski definition) is 11. The third-order valence-electron chi connectivity index (χ3n) is 7.20. The summed E-state index contributed by atoms with van der Waals surface area (Å²) < 4.78 is 35.4. The first-order valence-corrected chi connectivity index (χ1v) is 15.0. The molecular weight excluding hydrogens is 512 g/mol. The van der Waals surface area contributed by atoms with E-state index >= 15 is 0 Å². The van der Waals surface area contributed by atoms with Gasteiger partial charge in [0.15, 0.2) is 20.6 Å². The maximum absolute atomic E-state index is 11.8. The van der Waals surface area contributed by atoms with Crippen molar-refractivity contribution in [1.82, 2.24) is 30.6 Å². The highest BCUT2D eigenvalue weighted by Gasteiger charge is 2.46. The van der Waals surface area contributed by atoms with Gasteiger partial charge in [0.2, 0.25) is 0 Å². The zero-order valence-electron chi connectivity index (χ0n) is 21.3. The molecule has 0 aliphatic carbocycles. The summed E-state index contributed by atoms with van der Waals surface area (Å²) in [6, 6.07) is 7.02. The first-order chi connectivity index (χ1) is 17.7.